The summed E-state index contributed by atoms with van der Waals surface area (Å²) in [5.41, 5.74) is 9.29. The van der Waals surface area contributed by atoms with Gasteiger partial charge in [-0.1, -0.05) is 6.07 Å². The number of likely N-dealkylation sites (N-methyl/N-ethyl adjacent to an activating group) is 1. The van der Waals surface area contributed by atoms with Crippen molar-refractivity contribution >= 4 is 11.0 Å². The summed E-state index contributed by atoms with van der Waals surface area (Å²) in [6, 6.07) is 6.09. The second-order valence-electron chi connectivity index (χ2n) is 5.05. The van der Waals surface area contributed by atoms with E-state index in [0.29, 0.717) is 0 Å². The van der Waals surface area contributed by atoms with E-state index < -0.39 is 0 Å². The minimum absolute atomic E-state index is 0.0551. The summed E-state index contributed by atoms with van der Waals surface area (Å²) in [6.07, 6.45) is 0. The van der Waals surface area contributed by atoms with E-state index in [1.165, 1.54) is 0 Å². The fraction of sp³-hybridized carbons (Fsp3) is 0.462. The van der Waals surface area contributed by atoms with Crippen molar-refractivity contribution in [2.24, 2.45) is 5.73 Å². The van der Waals surface area contributed by atoms with Crippen LogP contribution in [-0.2, 0) is 0 Å². The molecule has 0 aliphatic heterocycles. The Kier molecular flexibility index (Phi) is 2.93. The summed E-state index contributed by atoms with van der Waals surface area (Å²) in [5.74, 6) is 0.929. The first-order chi connectivity index (χ1) is 7.94. The normalized spacial score (nSPS) is 14.2. The summed E-state index contributed by atoms with van der Waals surface area (Å²) in [7, 11) is 1.93. The smallest absolute Gasteiger partial charge is 0.104 e. The number of aromatic amines is 1. The van der Waals surface area contributed by atoms with E-state index >= 15 is 0 Å². The Morgan fingerprint density at radius 1 is 1.41 bits per heavy atom. The van der Waals surface area contributed by atoms with Crippen molar-refractivity contribution in [3.63, 3.8) is 0 Å². The first-order valence-corrected chi connectivity index (χ1v) is 5.85. The molecule has 0 aliphatic carbocycles. The number of fused-ring (bicyclic) bond motifs is 1. The molecule has 2 aromatic rings. The van der Waals surface area contributed by atoms with Gasteiger partial charge in [-0.25, -0.2) is 4.98 Å². The highest BCUT2D eigenvalue weighted by molar-refractivity contribution is 5.76. The lowest BCUT2D eigenvalue weighted by molar-refractivity contribution is 0.349. The summed E-state index contributed by atoms with van der Waals surface area (Å²) in [4.78, 5) is 7.62. The summed E-state index contributed by atoms with van der Waals surface area (Å²) in [5, 5.41) is 3.24. The molecule has 1 unspecified atom stereocenters. The van der Waals surface area contributed by atoms with Crippen molar-refractivity contribution in [2.75, 3.05) is 7.05 Å². The van der Waals surface area contributed by atoms with Crippen LogP contribution in [-0.4, -0.2) is 22.6 Å². The van der Waals surface area contributed by atoms with Gasteiger partial charge in [0, 0.05) is 11.6 Å². The van der Waals surface area contributed by atoms with Gasteiger partial charge in [0.05, 0.1) is 11.0 Å². The van der Waals surface area contributed by atoms with Gasteiger partial charge in [-0.15, -0.1) is 0 Å². The van der Waals surface area contributed by atoms with E-state index in [9.17, 15) is 0 Å². The molecule has 1 atom stereocenters. The molecule has 1 aromatic carbocycles. The van der Waals surface area contributed by atoms with Crippen LogP contribution >= 0.6 is 0 Å². The van der Waals surface area contributed by atoms with Crippen LogP contribution in [0.2, 0.25) is 0 Å². The van der Waals surface area contributed by atoms with Gasteiger partial charge < -0.3 is 16.0 Å². The molecule has 92 valence electrons. The molecule has 4 nitrogen and oxygen atoms in total. The van der Waals surface area contributed by atoms with Crippen LogP contribution in [0.3, 0.4) is 0 Å². The Morgan fingerprint density at radius 3 is 2.76 bits per heavy atom. The molecule has 0 radical (unpaired) electrons. The van der Waals surface area contributed by atoms with E-state index in [-0.39, 0.29) is 11.6 Å². The highest BCUT2D eigenvalue weighted by Gasteiger charge is 2.25. The molecule has 0 bridgehead atoms. The molecule has 0 amide bonds. The largest absolute Gasteiger partial charge is 0.342 e. The number of benzene rings is 1. The number of nitrogens with two attached hydrogens (primary N) is 1. The zero-order valence-corrected chi connectivity index (χ0v) is 10.8. The van der Waals surface area contributed by atoms with E-state index in [0.717, 1.165) is 22.4 Å². The maximum Gasteiger partial charge on any atom is 0.104 e. The van der Waals surface area contributed by atoms with E-state index in [1.807, 2.05) is 26.1 Å². The van der Waals surface area contributed by atoms with Crippen molar-refractivity contribution < 1.29 is 0 Å². The van der Waals surface area contributed by atoms with Crippen LogP contribution < -0.4 is 11.1 Å². The molecule has 1 aromatic heterocycles. The van der Waals surface area contributed by atoms with Crippen LogP contribution in [0.1, 0.15) is 31.3 Å². The molecule has 4 N–H and O–H groups in total. The predicted octanol–water partition coefficient (Wildman–Crippen LogP) is 1.87. The third-order valence-corrected chi connectivity index (χ3v) is 3.41. The minimum Gasteiger partial charge on any atom is -0.342 e. The molecule has 1 heterocycles. The van der Waals surface area contributed by atoms with E-state index in [1.54, 1.807) is 0 Å². The zero-order chi connectivity index (χ0) is 12.6. The number of nitrogens with one attached hydrogen (secondary N) is 2. The first-order valence-electron chi connectivity index (χ1n) is 5.85. The molecule has 0 aliphatic rings. The fourth-order valence-corrected chi connectivity index (χ4v) is 1.92. The van der Waals surface area contributed by atoms with Crippen molar-refractivity contribution in [2.45, 2.75) is 32.4 Å². The number of H-pyrrole nitrogens is 1. The Bertz CT molecular complexity index is 527. The van der Waals surface area contributed by atoms with Gasteiger partial charge in [-0.3, -0.25) is 0 Å². The van der Waals surface area contributed by atoms with Crippen LogP contribution in [0.25, 0.3) is 11.0 Å². The quantitative estimate of drug-likeness (QED) is 0.757. The Labute approximate surface area is 102 Å². The maximum atomic E-state index is 6.28. The van der Waals surface area contributed by atoms with E-state index in [2.05, 4.69) is 35.2 Å². The van der Waals surface area contributed by atoms with Gasteiger partial charge >= 0.3 is 0 Å². The third-order valence-electron chi connectivity index (χ3n) is 3.41. The third kappa shape index (κ3) is 2.18. The lowest BCUT2D eigenvalue weighted by Gasteiger charge is -2.31. The number of rotatable bonds is 3. The SMILES string of the molecule is CNC(C)(C)C(N)c1ccc2nc(C)[nH]c2c1. The highest BCUT2D eigenvalue weighted by atomic mass is 15.0. The molecule has 0 saturated heterocycles. The fourth-order valence-electron chi connectivity index (χ4n) is 1.92. The highest BCUT2D eigenvalue weighted by Crippen LogP contribution is 2.25. The number of aryl methyl sites for hydroxylation is 1. The molecular formula is C13H20N4. The van der Waals surface area contributed by atoms with Crippen LogP contribution in [0.5, 0.6) is 0 Å². The first kappa shape index (κ1) is 12.1. The Hall–Kier alpha value is -1.39. The molecule has 17 heavy (non-hydrogen) atoms. The van der Waals surface area contributed by atoms with Crippen LogP contribution in [0, 0.1) is 6.92 Å². The molecule has 2 rings (SSSR count). The number of aromatic nitrogens is 2. The molecule has 0 saturated carbocycles. The summed E-state index contributed by atoms with van der Waals surface area (Å²) < 4.78 is 0. The maximum absolute atomic E-state index is 6.28. The van der Waals surface area contributed by atoms with Crippen LogP contribution in [0.4, 0.5) is 0 Å². The van der Waals surface area contributed by atoms with Crippen molar-refractivity contribution in [1.82, 2.24) is 15.3 Å². The summed E-state index contributed by atoms with van der Waals surface area (Å²) in [6.45, 7) is 6.15. The molecule has 0 fully saturated rings. The van der Waals surface area contributed by atoms with Crippen molar-refractivity contribution in [3.8, 4) is 0 Å². The average molecular weight is 232 g/mol. The molecule has 4 heteroatoms. The zero-order valence-electron chi connectivity index (χ0n) is 10.8. The van der Waals surface area contributed by atoms with Gasteiger partial charge in [-0.2, -0.15) is 0 Å². The molecular weight excluding hydrogens is 212 g/mol. The second-order valence-corrected chi connectivity index (χ2v) is 5.05. The van der Waals surface area contributed by atoms with E-state index in [4.69, 9.17) is 5.73 Å². The molecule has 0 spiro atoms. The summed E-state index contributed by atoms with van der Waals surface area (Å²) >= 11 is 0. The second kappa shape index (κ2) is 4.13. The van der Waals surface area contributed by atoms with Gasteiger partial charge in [0.15, 0.2) is 0 Å². The predicted molar refractivity (Wildman–Crippen MR) is 70.9 cm³/mol. The van der Waals surface area contributed by atoms with Gasteiger partial charge in [0.2, 0.25) is 0 Å². The van der Waals surface area contributed by atoms with Crippen molar-refractivity contribution in [1.29, 1.82) is 0 Å². The Morgan fingerprint density at radius 2 is 2.12 bits per heavy atom. The Balaban J connectivity index is 2.42. The number of imidazole rings is 1. The van der Waals surface area contributed by atoms with Gasteiger partial charge in [0.25, 0.3) is 0 Å². The van der Waals surface area contributed by atoms with Crippen molar-refractivity contribution in [3.05, 3.63) is 29.6 Å². The topological polar surface area (TPSA) is 66.7 Å². The lowest BCUT2D eigenvalue weighted by atomic mass is 9.89. The number of hydrogen-bond donors (Lipinski definition) is 3. The monoisotopic (exact) mass is 232 g/mol. The average Bonchev–Trinajstić information content (AvgIpc) is 2.66. The lowest BCUT2D eigenvalue weighted by Crippen LogP contribution is -2.46. The minimum atomic E-state index is -0.136. The van der Waals surface area contributed by atoms with Gasteiger partial charge in [-0.05, 0) is 45.5 Å². The number of hydrogen-bond acceptors (Lipinski definition) is 3. The number of nitrogens with zero attached hydrogens (tertiary/aromatic N) is 1. The standard InChI is InChI=1S/C13H20N4/c1-8-16-10-6-5-9(7-11(10)17-8)12(14)13(2,3)15-4/h5-7,12,15H,14H2,1-4H3,(H,16,17). The van der Waals surface area contributed by atoms with Gasteiger partial charge in [0.1, 0.15) is 5.82 Å². The van der Waals surface area contributed by atoms with Crippen LogP contribution in [0.15, 0.2) is 18.2 Å².